The quantitative estimate of drug-likeness (QED) is 0.831. The molecule has 16 heavy (non-hydrogen) atoms. The molecule has 0 aliphatic carbocycles. The Bertz CT molecular complexity index is 308. The molecule has 3 heteroatoms. The summed E-state index contributed by atoms with van der Waals surface area (Å²) in [6.07, 6.45) is 0. The molecular formula is C13H21ClN2. The predicted molar refractivity (Wildman–Crippen MR) is 70.6 cm³/mol. The number of hydrogen-bond acceptors (Lipinski definition) is 2. The number of rotatable bonds is 5. The van der Waals surface area contributed by atoms with Crippen molar-refractivity contribution in [2.24, 2.45) is 17.6 Å². The third-order valence-electron chi connectivity index (χ3n) is 3.10. The maximum absolute atomic E-state index is 5.89. The zero-order valence-electron chi connectivity index (χ0n) is 10.2. The number of nitrogens with two attached hydrogens (primary N) is 1. The van der Waals surface area contributed by atoms with Crippen LogP contribution in [0.1, 0.15) is 25.5 Å². The van der Waals surface area contributed by atoms with E-state index >= 15 is 0 Å². The average molecular weight is 241 g/mol. The molecule has 0 bridgehead atoms. The molecule has 1 aromatic rings. The van der Waals surface area contributed by atoms with Crippen molar-refractivity contribution < 1.29 is 0 Å². The van der Waals surface area contributed by atoms with E-state index in [1.807, 2.05) is 19.2 Å². The van der Waals surface area contributed by atoms with Crippen molar-refractivity contribution in [2.75, 3.05) is 13.6 Å². The molecule has 1 rings (SSSR count). The summed E-state index contributed by atoms with van der Waals surface area (Å²) in [5, 5.41) is 4.12. The van der Waals surface area contributed by atoms with Crippen molar-refractivity contribution in [3.63, 3.8) is 0 Å². The lowest BCUT2D eigenvalue weighted by atomic mass is 9.84. The molecule has 2 nitrogen and oxygen atoms in total. The van der Waals surface area contributed by atoms with Crippen molar-refractivity contribution in [3.05, 3.63) is 34.9 Å². The Morgan fingerprint density at radius 1 is 1.25 bits per heavy atom. The van der Waals surface area contributed by atoms with E-state index in [4.69, 9.17) is 17.3 Å². The molecule has 2 atom stereocenters. The number of hydrogen-bond donors (Lipinski definition) is 2. The Kier molecular flexibility index (Phi) is 5.26. The molecule has 0 heterocycles. The molecule has 2 unspecified atom stereocenters. The molecule has 0 radical (unpaired) electrons. The van der Waals surface area contributed by atoms with Crippen molar-refractivity contribution in [1.82, 2.24) is 5.32 Å². The van der Waals surface area contributed by atoms with E-state index in [0.29, 0.717) is 24.4 Å². The van der Waals surface area contributed by atoms with E-state index in [2.05, 4.69) is 31.3 Å². The fraction of sp³-hybridized carbons (Fsp3) is 0.538. The second-order valence-electron chi connectivity index (χ2n) is 4.46. The van der Waals surface area contributed by atoms with Gasteiger partial charge in [-0.25, -0.2) is 0 Å². The van der Waals surface area contributed by atoms with Gasteiger partial charge in [0.05, 0.1) is 0 Å². The Morgan fingerprint density at radius 2 is 1.81 bits per heavy atom. The number of nitrogens with one attached hydrogen (secondary N) is 1. The minimum Gasteiger partial charge on any atom is -0.330 e. The topological polar surface area (TPSA) is 38.0 Å². The van der Waals surface area contributed by atoms with Gasteiger partial charge in [0.15, 0.2) is 0 Å². The highest BCUT2D eigenvalue weighted by Gasteiger charge is 2.23. The molecule has 0 amide bonds. The van der Waals surface area contributed by atoms with Crippen molar-refractivity contribution in [2.45, 2.75) is 19.9 Å². The monoisotopic (exact) mass is 240 g/mol. The molecule has 0 fully saturated rings. The van der Waals surface area contributed by atoms with E-state index < -0.39 is 0 Å². The van der Waals surface area contributed by atoms with Gasteiger partial charge < -0.3 is 11.1 Å². The summed E-state index contributed by atoms with van der Waals surface area (Å²) >= 11 is 5.89. The summed E-state index contributed by atoms with van der Waals surface area (Å²) in [4.78, 5) is 0. The van der Waals surface area contributed by atoms with Gasteiger partial charge in [0.2, 0.25) is 0 Å². The van der Waals surface area contributed by atoms with Gasteiger partial charge in [-0.1, -0.05) is 37.6 Å². The molecule has 0 spiro atoms. The Hall–Kier alpha value is -0.570. The smallest absolute Gasteiger partial charge is 0.0406 e. The Labute approximate surface area is 103 Å². The molecule has 3 N–H and O–H groups in total. The first-order chi connectivity index (χ1) is 7.60. The maximum Gasteiger partial charge on any atom is 0.0406 e. The van der Waals surface area contributed by atoms with Crippen LogP contribution in [0.25, 0.3) is 0 Å². The van der Waals surface area contributed by atoms with Gasteiger partial charge in [-0.2, -0.15) is 0 Å². The Balaban J connectivity index is 2.92. The Morgan fingerprint density at radius 3 is 2.19 bits per heavy atom. The first-order valence-electron chi connectivity index (χ1n) is 5.73. The highest BCUT2D eigenvalue weighted by molar-refractivity contribution is 6.30. The van der Waals surface area contributed by atoms with Crippen molar-refractivity contribution in [1.29, 1.82) is 0 Å². The zero-order valence-corrected chi connectivity index (χ0v) is 11.0. The zero-order chi connectivity index (χ0) is 12.1. The molecule has 0 saturated carbocycles. The van der Waals surface area contributed by atoms with Gasteiger partial charge in [0.1, 0.15) is 0 Å². The van der Waals surface area contributed by atoms with Crippen LogP contribution in [0.5, 0.6) is 0 Å². The summed E-state index contributed by atoms with van der Waals surface area (Å²) < 4.78 is 0. The summed E-state index contributed by atoms with van der Waals surface area (Å²) in [6, 6.07) is 8.27. The standard InChI is InChI=1S/C13H21ClN2/c1-9(2)12(8-15)13(16-3)10-4-6-11(14)7-5-10/h4-7,9,12-13,16H,8,15H2,1-3H3. The predicted octanol–water partition coefficient (Wildman–Crippen LogP) is 2.83. The first-order valence-corrected chi connectivity index (χ1v) is 6.10. The summed E-state index contributed by atoms with van der Waals surface area (Å²) in [5.41, 5.74) is 7.10. The molecule has 0 aliphatic rings. The summed E-state index contributed by atoms with van der Waals surface area (Å²) in [6.45, 7) is 5.10. The minimum absolute atomic E-state index is 0.294. The molecular weight excluding hydrogens is 220 g/mol. The number of benzene rings is 1. The normalized spacial score (nSPS) is 15.1. The van der Waals surface area contributed by atoms with Crippen molar-refractivity contribution in [3.8, 4) is 0 Å². The van der Waals surface area contributed by atoms with E-state index in [1.165, 1.54) is 5.56 Å². The van der Waals surface area contributed by atoms with E-state index in [0.717, 1.165) is 5.02 Å². The summed E-state index contributed by atoms with van der Waals surface area (Å²) in [7, 11) is 1.98. The van der Waals surface area contributed by atoms with Crippen LogP contribution in [-0.4, -0.2) is 13.6 Å². The molecule has 0 aromatic heterocycles. The SMILES string of the molecule is CNC(c1ccc(Cl)cc1)C(CN)C(C)C. The van der Waals surface area contributed by atoms with Crippen LogP contribution in [0.4, 0.5) is 0 Å². The van der Waals surface area contributed by atoms with Crippen LogP contribution in [0, 0.1) is 11.8 Å². The lowest BCUT2D eigenvalue weighted by molar-refractivity contribution is 0.299. The second-order valence-corrected chi connectivity index (χ2v) is 4.90. The van der Waals surface area contributed by atoms with Crippen LogP contribution in [0.3, 0.4) is 0 Å². The van der Waals surface area contributed by atoms with Gasteiger partial charge >= 0.3 is 0 Å². The summed E-state index contributed by atoms with van der Waals surface area (Å²) in [5.74, 6) is 0.990. The van der Waals surface area contributed by atoms with Crippen LogP contribution in [0.15, 0.2) is 24.3 Å². The highest BCUT2D eigenvalue weighted by atomic mass is 35.5. The van der Waals surface area contributed by atoms with Crippen LogP contribution in [0.2, 0.25) is 5.02 Å². The van der Waals surface area contributed by atoms with Gasteiger partial charge in [-0.3, -0.25) is 0 Å². The third kappa shape index (κ3) is 3.21. The van der Waals surface area contributed by atoms with Crippen LogP contribution in [-0.2, 0) is 0 Å². The minimum atomic E-state index is 0.294. The van der Waals surface area contributed by atoms with Gasteiger partial charge in [-0.05, 0) is 43.1 Å². The largest absolute Gasteiger partial charge is 0.330 e. The second kappa shape index (κ2) is 6.24. The highest BCUT2D eigenvalue weighted by Crippen LogP contribution is 2.27. The van der Waals surface area contributed by atoms with Crippen molar-refractivity contribution >= 4 is 11.6 Å². The van der Waals surface area contributed by atoms with E-state index in [1.54, 1.807) is 0 Å². The maximum atomic E-state index is 5.89. The number of halogens is 1. The van der Waals surface area contributed by atoms with Crippen LogP contribution >= 0.6 is 11.6 Å². The first kappa shape index (κ1) is 13.5. The lowest BCUT2D eigenvalue weighted by Crippen LogP contribution is -2.33. The fourth-order valence-electron chi connectivity index (χ4n) is 2.09. The lowest BCUT2D eigenvalue weighted by Gasteiger charge is -2.29. The molecule has 1 aromatic carbocycles. The van der Waals surface area contributed by atoms with E-state index in [9.17, 15) is 0 Å². The van der Waals surface area contributed by atoms with E-state index in [-0.39, 0.29) is 0 Å². The van der Waals surface area contributed by atoms with Crippen LogP contribution < -0.4 is 11.1 Å². The fourth-order valence-corrected chi connectivity index (χ4v) is 2.22. The van der Waals surface area contributed by atoms with Gasteiger partial charge in [0, 0.05) is 11.1 Å². The van der Waals surface area contributed by atoms with Gasteiger partial charge in [0.25, 0.3) is 0 Å². The van der Waals surface area contributed by atoms with Gasteiger partial charge in [-0.15, -0.1) is 0 Å². The molecule has 0 saturated heterocycles. The molecule has 90 valence electrons. The molecule has 0 aliphatic heterocycles. The average Bonchev–Trinajstić information content (AvgIpc) is 2.26. The third-order valence-corrected chi connectivity index (χ3v) is 3.35.